The summed E-state index contributed by atoms with van der Waals surface area (Å²) in [7, 11) is -6.80. The van der Waals surface area contributed by atoms with Crippen molar-refractivity contribution in [2.24, 2.45) is 0 Å². The molecule has 0 aliphatic carbocycles. The zero-order chi connectivity index (χ0) is 14.1. The van der Waals surface area contributed by atoms with Crippen LogP contribution in [0.25, 0.3) is 0 Å². The van der Waals surface area contributed by atoms with Crippen LogP contribution in [-0.2, 0) is 20.0 Å². The fraction of sp³-hybridized carbons (Fsp3) is 0.667. The lowest BCUT2D eigenvalue weighted by molar-refractivity contribution is 0.308. The van der Waals surface area contributed by atoms with E-state index in [2.05, 4.69) is 14.7 Å². The highest BCUT2D eigenvalue weighted by molar-refractivity contribution is 7.89. The highest BCUT2D eigenvalue weighted by Crippen LogP contribution is 2.19. The maximum absolute atomic E-state index is 12.2. The van der Waals surface area contributed by atoms with Gasteiger partial charge in [-0.25, -0.2) is 26.5 Å². The van der Waals surface area contributed by atoms with Crippen molar-refractivity contribution >= 4 is 20.0 Å². The third-order valence-electron chi connectivity index (χ3n) is 2.93. The number of aromatic nitrogens is 2. The first-order chi connectivity index (χ1) is 8.79. The van der Waals surface area contributed by atoms with Gasteiger partial charge in [0, 0.05) is 19.1 Å². The maximum Gasteiger partial charge on any atom is 0.260 e. The Balaban J connectivity index is 2.01. The summed E-state index contributed by atoms with van der Waals surface area (Å²) in [4.78, 5) is 6.27. The fourth-order valence-corrected chi connectivity index (χ4v) is 4.25. The van der Waals surface area contributed by atoms with Gasteiger partial charge < -0.3 is 4.98 Å². The van der Waals surface area contributed by atoms with Crippen molar-refractivity contribution in [2.75, 3.05) is 19.3 Å². The van der Waals surface area contributed by atoms with Gasteiger partial charge in [0.05, 0.1) is 18.8 Å². The van der Waals surface area contributed by atoms with Gasteiger partial charge in [0.2, 0.25) is 10.0 Å². The molecule has 0 bridgehead atoms. The topological polar surface area (TPSA) is 112 Å². The van der Waals surface area contributed by atoms with E-state index in [4.69, 9.17) is 0 Å². The summed E-state index contributed by atoms with van der Waals surface area (Å²) >= 11 is 0. The number of hydrogen-bond acceptors (Lipinski definition) is 5. The minimum absolute atomic E-state index is 0.0574. The average Bonchev–Trinajstić information content (AvgIpc) is 2.81. The van der Waals surface area contributed by atoms with Crippen LogP contribution >= 0.6 is 0 Å². The van der Waals surface area contributed by atoms with Crippen LogP contribution in [0.5, 0.6) is 0 Å². The van der Waals surface area contributed by atoms with E-state index in [0.29, 0.717) is 12.8 Å². The van der Waals surface area contributed by atoms with Crippen molar-refractivity contribution in [1.82, 2.24) is 19.0 Å². The second kappa shape index (κ2) is 5.19. The lowest BCUT2D eigenvalue weighted by Gasteiger charge is -2.30. The van der Waals surface area contributed by atoms with Crippen molar-refractivity contribution < 1.29 is 16.8 Å². The van der Waals surface area contributed by atoms with E-state index in [-0.39, 0.29) is 24.2 Å². The maximum atomic E-state index is 12.2. The number of piperidine rings is 1. The van der Waals surface area contributed by atoms with E-state index in [1.54, 1.807) is 0 Å². The van der Waals surface area contributed by atoms with E-state index in [1.807, 2.05) is 0 Å². The summed E-state index contributed by atoms with van der Waals surface area (Å²) in [5, 5.41) is 0.0574. The predicted octanol–water partition coefficient (Wildman–Crippen LogP) is -0.888. The Kier molecular flexibility index (Phi) is 3.95. The Labute approximate surface area is 112 Å². The van der Waals surface area contributed by atoms with Crippen LogP contribution in [-0.4, -0.2) is 56.5 Å². The van der Waals surface area contributed by atoms with Crippen LogP contribution < -0.4 is 4.72 Å². The van der Waals surface area contributed by atoms with E-state index in [0.717, 1.165) is 6.26 Å². The van der Waals surface area contributed by atoms with Crippen LogP contribution in [0.1, 0.15) is 12.8 Å². The minimum Gasteiger partial charge on any atom is -0.335 e. The number of imidazole rings is 1. The third kappa shape index (κ3) is 3.53. The summed E-state index contributed by atoms with van der Waals surface area (Å²) < 4.78 is 50.4. The molecule has 0 radical (unpaired) electrons. The molecule has 0 aromatic carbocycles. The molecule has 1 aromatic rings. The molecular weight excluding hydrogens is 292 g/mol. The molecular formula is C9H16N4O4S2. The zero-order valence-electron chi connectivity index (χ0n) is 10.4. The van der Waals surface area contributed by atoms with E-state index < -0.39 is 20.0 Å². The standard InChI is InChI=1S/C9H16N4O4S2/c1-18(14,15)12-8-2-4-13(5-3-8)19(16,17)9-6-10-7-11-9/h6-8,12H,2-5H2,1H3,(H,10,11). The quantitative estimate of drug-likeness (QED) is 0.749. The van der Waals surface area contributed by atoms with Crippen molar-refractivity contribution in [3.63, 3.8) is 0 Å². The minimum atomic E-state index is -3.55. The number of aromatic amines is 1. The number of nitrogens with one attached hydrogen (secondary N) is 2. The molecule has 0 atom stereocenters. The SMILES string of the molecule is CS(=O)(=O)NC1CCN(S(=O)(=O)c2cnc[nH]2)CC1. The van der Waals surface area contributed by atoms with Crippen molar-refractivity contribution in [3.05, 3.63) is 12.5 Å². The van der Waals surface area contributed by atoms with Crippen LogP contribution in [0.4, 0.5) is 0 Å². The van der Waals surface area contributed by atoms with Gasteiger partial charge in [0.25, 0.3) is 10.0 Å². The van der Waals surface area contributed by atoms with Gasteiger partial charge in [-0.05, 0) is 12.8 Å². The lowest BCUT2D eigenvalue weighted by Crippen LogP contribution is -2.46. The summed E-state index contributed by atoms with van der Waals surface area (Å²) in [5.41, 5.74) is 0. The molecule has 1 aliphatic heterocycles. The monoisotopic (exact) mass is 308 g/mol. The van der Waals surface area contributed by atoms with Gasteiger partial charge in [-0.15, -0.1) is 0 Å². The van der Waals surface area contributed by atoms with Crippen LogP contribution in [0.3, 0.4) is 0 Å². The molecule has 2 rings (SSSR count). The van der Waals surface area contributed by atoms with Gasteiger partial charge >= 0.3 is 0 Å². The van der Waals surface area contributed by atoms with Crippen molar-refractivity contribution in [1.29, 1.82) is 0 Å². The van der Waals surface area contributed by atoms with E-state index in [9.17, 15) is 16.8 Å². The largest absolute Gasteiger partial charge is 0.335 e. The summed E-state index contributed by atoms with van der Waals surface area (Å²) in [6.07, 6.45) is 4.59. The Morgan fingerprint density at radius 3 is 2.42 bits per heavy atom. The van der Waals surface area contributed by atoms with Crippen LogP contribution in [0.15, 0.2) is 17.6 Å². The van der Waals surface area contributed by atoms with E-state index in [1.165, 1.54) is 16.8 Å². The molecule has 8 nitrogen and oxygen atoms in total. The Hall–Kier alpha value is -0.970. The molecule has 19 heavy (non-hydrogen) atoms. The Bertz CT molecular complexity index is 615. The highest BCUT2D eigenvalue weighted by atomic mass is 32.2. The summed E-state index contributed by atoms with van der Waals surface area (Å²) in [6, 6.07) is -0.205. The Morgan fingerprint density at radius 1 is 1.32 bits per heavy atom. The molecule has 1 saturated heterocycles. The molecule has 0 amide bonds. The molecule has 0 spiro atoms. The molecule has 2 heterocycles. The first kappa shape index (κ1) is 14.4. The smallest absolute Gasteiger partial charge is 0.260 e. The van der Waals surface area contributed by atoms with Gasteiger partial charge in [-0.3, -0.25) is 0 Å². The number of sulfonamides is 2. The molecule has 1 aromatic heterocycles. The van der Waals surface area contributed by atoms with Gasteiger partial charge in [-0.1, -0.05) is 0 Å². The molecule has 0 unspecified atom stereocenters. The first-order valence-electron chi connectivity index (χ1n) is 5.75. The van der Waals surface area contributed by atoms with Crippen molar-refractivity contribution in [3.8, 4) is 0 Å². The fourth-order valence-electron chi connectivity index (χ4n) is 2.04. The average molecular weight is 308 g/mol. The highest BCUT2D eigenvalue weighted by Gasteiger charge is 2.30. The van der Waals surface area contributed by atoms with Crippen LogP contribution in [0, 0.1) is 0 Å². The summed E-state index contributed by atoms with van der Waals surface area (Å²) in [5.74, 6) is 0. The summed E-state index contributed by atoms with van der Waals surface area (Å²) in [6.45, 7) is 0.572. The number of H-pyrrole nitrogens is 1. The molecule has 2 N–H and O–H groups in total. The second-order valence-electron chi connectivity index (χ2n) is 4.48. The number of rotatable bonds is 4. The zero-order valence-corrected chi connectivity index (χ0v) is 12.0. The van der Waals surface area contributed by atoms with Gasteiger partial charge in [0.15, 0.2) is 5.03 Å². The molecule has 10 heteroatoms. The number of hydrogen-bond donors (Lipinski definition) is 2. The van der Waals surface area contributed by atoms with Gasteiger partial charge in [0.1, 0.15) is 0 Å². The van der Waals surface area contributed by atoms with Crippen LogP contribution in [0.2, 0.25) is 0 Å². The second-order valence-corrected chi connectivity index (χ2v) is 8.17. The molecule has 1 fully saturated rings. The first-order valence-corrected chi connectivity index (χ1v) is 9.08. The molecule has 0 saturated carbocycles. The van der Waals surface area contributed by atoms with E-state index >= 15 is 0 Å². The third-order valence-corrected chi connectivity index (χ3v) is 5.51. The molecule has 108 valence electrons. The Morgan fingerprint density at radius 2 is 1.95 bits per heavy atom. The van der Waals surface area contributed by atoms with Crippen molar-refractivity contribution in [2.45, 2.75) is 23.9 Å². The van der Waals surface area contributed by atoms with Gasteiger partial charge in [-0.2, -0.15) is 4.31 Å². The normalized spacial score (nSPS) is 19.6. The predicted molar refractivity (Wildman–Crippen MR) is 68.3 cm³/mol. The lowest BCUT2D eigenvalue weighted by atomic mass is 10.1. The molecule has 1 aliphatic rings. The number of nitrogens with zero attached hydrogens (tertiary/aromatic N) is 2.